The molecule has 2 atom stereocenters. The lowest BCUT2D eigenvalue weighted by Crippen LogP contribution is -2.34. The van der Waals surface area contributed by atoms with E-state index in [1.165, 1.54) is 0 Å². The number of hydrogen-bond acceptors (Lipinski definition) is 3. The van der Waals surface area contributed by atoms with Crippen molar-refractivity contribution in [3.63, 3.8) is 0 Å². The van der Waals surface area contributed by atoms with Gasteiger partial charge in [0, 0.05) is 16.3 Å². The average Bonchev–Trinajstić information content (AvgIpc) is 2.85. The van der Waals surface area contributed by atoms with Gasteiger partial charge < -0.3 is 10.4 Å². The number of fused-ring (bicyclic) bond motifs is 1. The van der Waals surface area contributed by atoms with E-state index in [0.29, 0.717) is 17.0 Å². The SMILES string of the molecule is CCSc1ccc(Cl)cc1C(=O)N[C@H]1c2ccccc2C[C@H]1O. The van der Waals surface area contributed by atoms with Crippen LogP contribution in [0.2, 0.25) is 5.02 Å². The maximum absolute atomic E-state index is 12.7. The van der Waals surface area contributed by atoms with Crippen LogP contribution in [0.4, 0.5) is 0 Å². The number of amides is 1. The van der Waals surface area contributed by atoms with Crippen molar-refractivity contribution >= 4 is 29.3 Å². The van der Waals surface area contributed by atoms with Crippen LogP contribution in [-0.4, -0.2) is 22.9 Å². The Morgan fingerprint density at radius 1 is 1.35 bits per heavy atom. The van der Waals surface area contributed by atoms with Crippen LogP contribution in [0.5, 0.6) is 0 Å². The van der Waals surface area contributed by atoms with E-state index in [2.05, 4.69) is 5.32 Å². The first-order valence-electron chi connectivity index (χ1n) is 7.59. The van der Waals surface area contributed by atoms with Gasteiger partial charge in [0.1, 0.15) is 0 Å². The summed E-state index contributed by atoms with van der Waals surface area (Å²) in [6.45, 7) is 2.04. The minimum atomic E-state index is -0.599. The highest BCUT2D eigenvalue weighted by Crippen LogP contribution is 2.32. The highest BCUT2D eigenvalue weighted by atomic mass is 35.5. The van der Waals surface area contributed by atoms with Gasteiger partial charge in [-0.1, -0.05) is 42.8 Å². The summed E-state index contributed by atoms with van der Waals surface area (Å²) in [5.74, 6) is 0.667. The fourth-order valence-electron chi connectivity index (χ4n) is 2.93. The van der Waals surface area contributed by atoms with Gasteiger partial charge in [0.15, 0.2) is 0 Å². The third-order valence-electron chi connectivity index (χ3n) is 3.98. The standard InChI is InChI=1S/C18H18ClNO2S/c1-2-23-16-8-7-12(19)10-14(16)18(22)20-17-13-6-4-3-5-11(13)9-15(17)21/h3-8,10,15,17,21H,2,9H2,1H3,(H,20,22)/t15-,17+/m1/s1. The molecule has 5 heteroatoms. The molecule has 1 aliphatic rings. The molecule has 0 saturated carbocycles. The van der Waals surface area contributed by atoms with Gasteiger partial charge in [0.05, 0.1) is 17.7 Å². The number of aliphatic hydroxyl groups is 1. The van der Waals surface area contributed by atoms with Gasteiger partial charge in [-0.15, -0.1) is 11.8 Å². The Balaban J connectivity index is 1.86. The maximum atomic E-state index is 12.7. The zero-order valence-corrected chi connectivity index (χ0v) is 14.3. The Morgan fingerprint density at radius 2 is 2.13 bits per heavy atom. The monoisotopic (exact) mass is 347 g/mol. The lowest BCUT2D eigenvalue weighted by molar-refractivity contribution is 0.0855. The predicted octanol–water partition coefficient (Wildman–Crippen LogP) is 3.84. The zero-order chi connectivity index (χ0) is 16.4. The van der Waals surface area contributed by atoms with Crippen LogP contribution in [0.15, 0.2) is 47.4 Å². The highest BCUT2D eigenvalue weighted by Gasteiger charge is 2.32. The molecular weight excluding hydrogens is 330 g/mol. The van der Waals surface area contributed by atoms with E-state index in [4.69, 9.17) is 11.6 Å². The molecule has 0 heterocycles. The van der Waals surface area contributed by atoms with Gasteiger partial charge in [0.2, 0.25) is 0 Å². The molecule has 0 unspecified atom stereocenters. The largest absolute Gasteiger partial charge is 0.390 e. The zero-order valence-electron chi connectivity index (χ0n) is 12.8. The molecule has 0 saturated heterocycles. The first-order valence-corrected chi connectivity index (χ1v) is 8.95. The number of carbonyl (C=O) groups is 1. The molecule has 3 nitrogen and oxygen atoms in total. The van der Waals surface area contributed by atoms with E-state index in [1.807, 2.05) is 37.3 Å². The van der Waals surface area contributed by atoms with Gasteiger partial charge in [0.25, 0.3) is 5.91 Å². The van der Waals surface area contributed by atoms with E-state index in [-0.39, 0.29) is 11.9 Å². The quantitative estimate of drug-likeness (QED) is 0.826. The van der Waals surface area contributed by atoms with Crippen LogP contribution >= 0.6 is 23.4 Å². The van der Waals surface area contributed by atoms with Crippen molar-refractivity contribution in [1.82, 2.24) is 5.32 Å². The average molecular weight is 348 g/mol. The third kappa shape index (κ3) is 3.39. The van der Waals surface area contributed by atoms with Gasteiger partial charge >= 0.3 is 0 Å². The van der Waals surface area contributed by atoms with Crippen molar-refractivity contribution in [2.45, 2.75) is 30.4 Å². The lowest BCUT2D eigenvalue weighted by Gasteiger charge is -2.19. The molecule has 23 heavy (non-hydrogen) atoms. The van der Waals surface area contributed by atoms with Gasteiger partial charge in [-0.3, -0.25) is 4.79 Å². The summed E-state index contributed by atoms with van der Waals surface area (Å²) in [6, 6.07) is 12.8. The minimum absolute atomic E-state index is 0.204. The van der Waals surface area contributed by atoms with E-state index >= 15 is 0 Å². The molecule has 0 bridgehead atoms. The molecule has 0 fully saturated rings. The van der Waals surface area contributed by atoms with Crippen LogP contribution in [0.1, 0.15) is 34.5 Å². The molecule has 2 aromatic rings. The molecule has 0 aliphatic heterocycles. The fourth-order valence-corrected chi connectivity index (χ4v) is 3.88. The number of aliphatic hydroxyl groups excluding tert-OH is 1. The Labute approximate surface area is 145 Å². The number of carbonyl (C=O) groups excluding carboxylic acids is 1. The highest BCUT2D eigenvalue weighted by molar-refractivity contribution is 7.99. The number of thioether (sulfide) groups is 1. The number of rotatable bonds is 4. The minimum Gasteiger partial charge on any atom is -0.390 e. The van der Waals surface area contributed by atoms with Gasteiger partial charge in [-0.05, 0) is 35.1 Å². The van der Waals surface area contributed by atoms with Crippen LogP contribution < -0.4 is 5.32 Å². The molecule has 0 radical (unpaired) electrons. The van der Waals surface area contributed by atoms with Crippen molar-refractivity contribution < 1.29 is 9.90 Å². The van der Waals surface area contributed by atoms with Crippen LogP contribution in [0.25, 0.3) is 0 Å². The molecule has 0 spiro atoms. The first kappa shape index (κ1) is 16.4. The van der Waals surface area contributed by atoms with Crippen molar-refractivity contribution in [2.24, 2.45) is 0 Å². The Bertz CT molecular complexity index is 735. The topological polar surface area (TPSA) is 49.3 Å². The maximum Gasteiger partial charge on any atom is 0.253 e. The summed E-state index contributed by atoms with van der Waals surface area (Å²) in [4.78, 5) is 13.6. The second-order valence-electron chi connectivity index (χ2n) is 5.49. The van der Waals surface area contributed by atoms with Crippen molar-refractivity contribution in [3.8, 4) is 0 Å². The van der Waals surface area contributed by atoms with Crippen molar-refractivity contribution in [3.05, 3.63) is 64.2 Å². The Kier molecular flexibility index (Phi) is 4.95. The molecule has 2 aromatic carbocycles. The molecule has 1 amide bonds. The summed E-state index contributed by atoms with van der Waals surface area (Å²) >= 11 is 7.65. The van der Waals surface area contributed by atoms with Crippen LogP contribution in [0.3, 0.4) is 0 Å². The lowest BCUT2D eigenvalue weighted by atomic mass is 10.1. The number of hydrogen-bond donors (Lipinski definition) is 2. The predicted molar refractivity (Wildman–Crippen MR) is 94.2 cm³/mol. The van der Waals surface area contributed by atoms with Crippen LogP contribution in [0, 0.1) is 0 Å². The fraction of sp³-hybridized carbons (Fsp3) is 0.278. The molecule has 0 aromatic heterocycles. The first-order chi connectivity index (χ1) is 11.1. The molecule has 120 valence electrons. The summed E-state index contributed by atoms with van der Waals surface area (Å²) in [6.07, 6.45) is -0.0365. The van der Waals surface area contributed by atoms with Crippen molar-refractivity contribution in [1.29, 1.82) is 0 Å². The molecular formula is C18H18ClNO2S. The van der Waals surface area contributed by atoms with Crippen LogP contribution in [-0.2, 0) is 6.42 Å². The molecule has 3 rings (SSSR count). The summed E-state index contributed by atoms with van der Waals surface area (Å²) in [7, 11) is 0. The summed E-state index contributed by atoms with van der Waals surface area (Å²) < 4.78 is 0. The Morgan fingerprint density at radius 3 is 2.91 bits per heavy atom. The number of halogens is 1. The number of benzene rings is 2. The van der Waals surface area contributed by atoms with E-state index in [1.54, 1.807) is 23.9 Å². The summed E-state index contributed by atoms with van der Waals surface area (Å²) in [5.41, 5.74) is 2.63. The normalized spacial score (nSPS) is 19.4. The van der Waals surface area contributed by atoms with E-state index < -0.39 is 6.10 Å². The van der Waals surface area contributed by atoms with Crippen molar-refractivity contribution in [2.75, 3.05) is 5.75 Å². The number of nitrogens with one attached hydrogen (secondary N) is 1. The van der Waals surface area contributed by atoms with Gasteiger partial charge in [-0.2, -0.15) is 0 Å². The van der Waals surface area contributed by atoms with E-state index in [9.17, 15) is 9.90 Å². The summed E-state index contributed by atoms with van der Waals surface area (Å²) in [5, 5.41) is 13.8. The molecule has 1 aliphatic carbocycles. The molecule has 2 N–H and O–H groups in total. The smallest absolute Gasteiger partial charge is 0.253 e. The second kappa shape index (κ2) is 6.95. The Hall–Kier alpha value is -1.49. The van der Waals surface area contributed by atoms with E-state index in [0.717, 1.165) is 21.8 Å². The third-order valence-corrected chi connectivity index (χ3v) is 5.17. The second-order valence-corrected chi connectivity index (χ2v) is 7.24. The van der Waals surface area contributed by atoms with Gasteiger partial charge in [-0.25, -0.2) is 0 Å².